The smallest absolute Gasteiger partial charge is 0.237 e. The molecule has 0 spiro atoms. The summed E-state index contributed by atoms with van der Waals surface area (Å²) in [6.45, 7) is 7.85. The van der Waals surface area contributed by atoms with Crippen LogP contribution in [0.25, 0.3) is 0 Å². The summed E-state index contributed by atoms with van der Waals surface area (Å²) < 4.78 is 4.51. The van der Waals surface area contributed by atoms with Crippen molar-refractivity contribution in [2.24, 2.45) is 7.05 Å². The molecule has 0 saturated carbocycles. The minimum Gasteiger partial charge on any atom is -0.237 e. The topological polar surface area (TPSA) is 8.81 Å². The maximum atomic E-state index is 2.29. The fourth-order valence-electron chi connectivity index (χ4n) is 1.60. The number of aromatic nitrogens is 2. The molecule has 1 aromatic rings. The summed E-state index contributed by atoms with van der Waals surface area (Å²) in [7, 11) is 2.12. The summed E-state index contributed by atoms with van der Waals surface area (Å²) in [5.41, 5.74) is 1.41. The fraction of sp³-hybridized carbons (Fsp3) is 0.727. The first-order valence-corrected chi connectivity index (χ1v) is 5.20. The second kappa shape index (κ2) is 4.45. The van der Waals surface area contributed by atoms with Crippen LogP contribution in [0.2, 0.25) is 0 Å². The van der Waals surface area contributed by atoms with E-state index in [2.05, 4.69) is 49.5 Å². The van der Waals surface area contributed by atoms with Crippen LogP contribution in [-0.2, 0) is 13.6 Å². The van der Waals surface area contributed by atoms with Crippen molar-refractivity contribution >= 4 is 0 Å². The second-order valence-corrected chi connectivity index (χ2v) is 4.03. The van der Waals surface area contributed by atoms with Crippen LogP contribution in [0.1, 0.15) is 45.2 Å². The Labute approximate surface area is 81.2 Å². The van der Waals surface area contributed by atoms with E-state index in [1.807, 2.05) is 0 Å². The SMILES string of the molecule is CCCCn1cc(C(C)C)[n+](C)c1. The largest absolute Gasteiger partial charge is 0.243 e. The quantitative estimate of drug-likeness (QED) is 0.630. The monoisotopic (exact) mass is 181 g/mol. The molecular formula is C11H21N2+. The number of imidazole rings is 1. The molecule has 0 fully saturated rings. The zero-order valence-corrected chi connectivity index (χ0v) is 9.25. The van der Waals surface area contributed by atoms with Gasteiger partial charge in [-0.05, 0) is 6.42 Å². The molecular weight excluding hydrogens is 160 g/mol. The van der Waals surface area contributed by atoms with E-state index in [-0.39, 0.29) is 0 Å². The van der Waals surface area contributed by atoms with Crippen LogP contribution in [0.5, 0.6) is 0 Å². The van der Waals surface area contributed by atoms with Gasteiger partial charge in [-0.25, -0.2) is 9.13 Å². The van der Waals surface area contributed by atoms with Crippen molar-refractivity contribution in [2.75, 3.05) is 0 Å². The molecule has 0 amide bonds. The third-order valence-electron chi connectivity index (χ3n) is 2.39. The van der Waals surface area contributed by atoms with Gasteiger partial charge in [0.05, 0.1) is 13.6 Å². The number of hydrogen-bond acceptors (Lipinski definition) is 0. The van der Waals surface area contributed by atoms with Gasteiger partial charge in [-0.15, -0.1) is 0 Å². The molecule has 0 N–H and O–H groups in total. The summed E-state index contributed by atoms with van der Waals surface area (Å²) in [5, 5.41) is 0. The normalized spacial score (nSPS) is 11.2. The van der Waals surface area contributed by atoms with Gasteiger partial charge in [0.25, 0.3) is 0 Å². The van der Waals surface area contributed by atoms with E-state index >= 15 is 0 Å². The van der Waals surface area contributed by atoms with Gasteiger partial charge in [0.15, 0.2) is 0 Å². The third kappa shape index (κ3) is 2.58. The molecule has 2 nitrogen and oxygen atoms in total. The molecule has 0 bridgehead atoms. The minimum atomic E-state index is 0.618. The van der Waals surface area contributed by atoms with E-state index in [1.54, 1.807) is 0 Å². The number of aryl methyl sites for hydroxylation is 2. The van der Waals surface area contributed by atoms with Gasteiger partial charge < -0.3 is 0 Å². The summed E-state index contributed by atoms with van der Waals surface area (Å²) in [5.74, 6) is 0.618. The average molecular weight is 181 g/mol. The number of rotatable bonds is 4. The van der Waals surface area contributed by atoms with Gasteiger partial charge in [-0.1, -0.05) is 27.2 Å². The van der Waals surface area contributed by atoms with Gasteiger partial charge in [0.2, 0.25) is 6.33 Å². The molecule has 74 valence electrons. The maximum absolute atomic E-state index is 2.29. The number of nitrogens with zero attached hydrogens (tertiary/aromatic N) is 2. The molecule has 0 aliphatic heterocycles. The van der Waals surface area contributed by atoms with Gasteiger partial charge in [-0.2, -0.15) is 0 Å². The molecule has 0 atom stereocenters. The van der Waals surface area contributed by atoms with Crippen molar-refractivity contribution in [3.05, 3.63) is 18.2 Å². The van der Waals surface area contributed by atoms with Crippen LogP contribution < -0.4 is 4.57 Å². The zero-order chi connectivity index (χ0) is 9.84. The van der Waals surface area contributed by atoms with E-state index in [0.29, 0.717) is 5.92 Å². The molecule has 1 rings (SSSR count). The van der Waals surface area contributed by atoms with Crippen molar-refractivity contribution in [3.63, 3.8) is 0 Å². The van der Waals surface area contributed by atoms with Crippen LogP contribution in [0, 0.1) is 0 Å². The van der Waals surface area contributed by atoms with E-state index in [9.17, 15) is 0 Å². The lowest BCUT2D eigenvalue weighted by molar-refractivity contribution is -0.679. The Balaban J connectivity index is 2.71. The lowest BCUT2D eigenvalue weighted by Gasteiger charge is -1.96. The Morgan fingerprint density at radius 1 is 1.46 bits per heavy atom. The molecule has 1 aromatic heterocycles. The average Bonchev–Trinajstić information content (AvgIpc) is 2.43. The number of hydrogen-bond donors (Lipinski definition) is 0. The third-order valence-corrected chi connectivity index (χ3v) is 2.39. The van der Waals surface area contributed by atoms with E-state index in [4.69, 9.17) is 0 Å². The summed E-state index contributed by atoms with van der Waals surface area (Å²) in [6, 6.07) is 0. The second-order valence-electron chi connectivity index (χ2n) is 4.03. The highest BCUT2D eigenvalue weighted by atomic mass is 15.1. The predicted octanol–water partition coefficient (Wildman–Crippen LogP) is 2.24. The highest BCUT2D eigenvalue weighted by Crippen LogP contribution is 2.09. The van der Waals surface area contributed by atoms with Crippen molar-refractivity contribution in [2.45, 2.75) is 46.1 Å². The minimum absolute atomic E-state index is 0.618. The Morgan fingerprint density at radius 3 is 2.62 bits per heavy atom. The van der Waals surface area contributed by atoms with Gasteiger partial charge in [0, 0.05) is 5.92 Å². The van der Waals surface area contributed by atoms with Crippen molar-refractivity contribution in [3.8, 4) is 0 Å². The number of unbranched alkanes of at least 4 members (excludes halogenated alkanes) is 1. The lowest BCUT2D eigenvalue weighted by atomic mass is 10.1. The Kier molecular flexibility index (Phi) is 3.52. The zero-order valence-electron chi connectivity index (χ0n) is 9.25. The summed E-state index contributed by atoms with van der Waals surface area (Å²) in [4.78, 5) is 0. The van der Waals surface area contributed by atoms with Crippen molar-refractivity contribution in [1.82, 2.24) is 4.57 Å². The van der Waals surface area contributed by atoms with Crippen LogP contribution in [-0.4, -0.2) is 4.57 Å². The first kappa shape index (κ1) is 10.3. The molecule has 1 heterocycles. The van der Waals surface area contributed by atoms with Crippen molar-refractivity contribution in [1.29, 1.82) is 0 Å². The summed E-state index contributed by atoms with van der Waals surface area (Å²) >= 11 is 0. The summed E-state index contributed by atoms with van der Waals surface area (Å²) in [6.07, 6.45) is 6.98. The molecule has 0 aliphatic carbocycles. The van der Waals surface area contributed by atoms with Crippen LogP contribution in [0.4, 0.5) is 0 Å². The van der Waals surface area contributed by atoms with Gasteiger partial charge in [0.1, 0.15) is 11.9 Å². The Bertz CT molecular complexity index is 261. The maximum Gasteiger partial charge on any atom is 0.243 e. The highest BCUT2D eigenvalue weighted by molar-refractivity contribution is 4.94. The van der Waals surface area contributed by atoms with Crippen LogP contribution >= 0.6 is 0 Å². The van der Waals surface area contributed by atoms with E-state index in [1.165, 1.54) is 18.5 Å². The van der Waals surface area contributed by atoms with E-state index in [0.717, 1.165) is 6.54 Å². The molecule has 0 saturated heterocycles. The lowest BCUT2D eigenvalue weighted by Crippen LogP contribution is -2.30. The van der Waals surface area contributed by atoms with Crippen molar-refractivity contribution < 1.29 is 4.57 Å². The van der Waals surface area contributed by atoms with E-state index < -0.39 is 0 Å². The van der Waals surface area contributed by atoms with Crippen LogP contribution in [0.3, 0.4) is 0 Å². The van der Waals surface area contributed by atoms with Gasteiger partial charge in [-0.3, -0.25) is 0 Å². The molecule has 2 heteroatoms. The predicted molar refractivity (Wildman–Crippen MR) is 54.6 cm³/mol. The molecule has 0 unspecified atom stereocenters. The first-order valence-electron chi connectivity index (χ1n) is 5.20. The Morgan fingerprint density at radius 2 is 2.15 bits per heavy atom. The van der Waals surface area contributed by atoms with Gasteiger partial charge >= 0.3 is 0 Å². The molecule has 0 aromatic carbocycles. The standard InChI is InChI=1S/C11H21N2/c1-5-6-7-13-8-11(10(2)3)12(4)9-13/h8-10H,5-7H2,1-4H3/q+1. The molecule has 0 aliphatic rings. The molecule has 0 radical (unpaired) electrons. The molecule has 13 heavy (non-hydrogen) atoms. The van der Waals surface area contributed by atoms with Crippen LogP contribution in [0.15, 0.2) is 12.5 Å². The fourth-order valence-corrected chi connectivity index (χ4v) is 1.60. The Hall–Kier alpha value is -0.790. The highest BCUT2D eigenvalue weighted by Gasteiger charge is 2.12. The first-order chi connectivity index (χ1) is 6.15.